The third kappa shape index (κ3) is 3.26. The van der Waals surface area contributed by atoms with Gasteiger partial charge in [-0.3, -0.25) is 0 Å². The Morgan fingerprint density at radius 3 is 2.79 bits per heavy atom. The van der Waals surface area contributed by atoms with Crippen molar-refractivity contribution >= 4 is 15.7 Å². The minimum Gasteiger partial charge on any atom is -0.399 e. The summed E-state index contributed by atoms with van der Waals surface area (Å²) in [6, 6.07) is 5.05. The number of benzene rings is 1. The lowest BCUT2D eigenvalue weighted by molar-refractivity contribution is 0.407. The van der Waals surface area contributed by atoms with Gasteiger partial charge in [0.2, 0.25) is 10.0 Å². The number of likely N-dealkylation sites (N-methyl/N-ethyl adjacent to an activating group) is 1. The summed E-state index contributed by atoms with van der Waals surface area (Å²) in [7, 11) is -1.50. The summed E-state index contributed by atoms with van der Waals surface area (Å²) in [6.07, 6.45) is 1.51. The lowest BCUT2D eigenvalue weighted by atomic mass is 10.1. The highest BCUT2D eigenvalue weighted by molar-refractivity contribution is 7.89. The molecule has 1 aliphatic rings. The molecule has 0 saturated carbocycles. The molecule has 5 nitrogen and oxygen atoms in total. The van der Waals surface area contributed by atoms with Crippen LogP contribution in [-0.2, 0) is 16.4 Å². The van der Waals surface area contributed by atoms with E-state index in [4.69, 9.17) is 5.73 Å². The van der Waals surface area contributed by atoms with Gasteiger partial charge in [0, 0.05) is 18.3 Å². The minimum absolute atomic E-state index is 0.0128. The van der Waals surface area contributed by atoms with Crippen molar-refractivity contribution in [1.82, 2.24) is 9.62 Å². The third-order valence-electron chi connectivity index (χ3n) is 3.47. The quantitative estimate of drug-likeness (QED) is 0.802. The predicted molar refractivity (Wildman–Crippen MR) is 76.5 cm³/mol. The molecule has 1 atom stereocenters. The van der Waals surface area contributed by atoms with Crippen LogP contribution in [0.2, 0.25) is 0 Å². The van der Waals surface area contributed by atoms with Crippen LogP contribution in [0.5, 0.6) is 0 Å². The monoisotopic (exact) mass is 283 g/mol. The molecule has 6 heteroatoms. The van der Waals surface area contributed by atoms with Crippen LogP contribution in [0, 0.1) is 0 Å². The van der Waals surface area contributed by atoms with Crippen LogP contribution >= 0.6 is 0 Å². The summed E-state index contributed by atoms with van der Waals surface area (Å²) in [5.74, 6) is 0. The Bertz CT molecular complexity index is 557. The standard InChI is InChI=1S/C13H21N3O2S/c1-3-10-4-5-11(14)8-13(10)19(17,18)15-12-6-7-16(2)9-12/h4-5,8,12,15H,3,6-7,9,14H2,1-2H3. The Morgan fingerprint density at radius 2 is 2.21 bits per heavy atom. The molecule has 0 radical (unpaired) electrons. The van der Waals surface area contributed by atoms with Gasteiger partial charge >= 0.3 is 0 Å². The van der Waals surface area contributed by atoms with E-state index in [1.165, 1.54) is 0 Å². The number of hydrogen-bond acceptors (Lipinski definition) is 4. The van der Waals surface area contributed by atoms with E-state index in [1.807, 2.05) is 14.0 Å². The maximum Gasteiger partial charge on any atom is 0.241 e. The number of sulfonamides is 1. The first-order chi connectivity index (χ1) is 8.92. The van der Waals surface area contributed by atoms with Gasteiger partial charge in [0.15, 0.2) is 0 Å². The molecule has 1 heterocycles. The zero-order chi connectivity index (χ0) is 14.0. The SMILES string of the molecule is CCc1ccc(N)cc1S(=O)(=O)NC1CCN(C)C1. The fourth-order valence-electron chi connectivity index (χ4n) is 2.43. The molecule has 0 aliphatic carbocycles. The highest BCUT2D eigenvalue weighted by Gasteiger charge is 2.26. The van der Waals surface area contributed by atoms with Gasteiger partial charge in [0.1, 0.15) is 0 Å². The van der Waals surface area contributed by atoms with Crippen LogP contribution in [0.15, 0.2) is 23.1 Å². The van der Waals surface area contributed by atoms with Crippen molar-refractivity contribution < 1.29 is 8.42 Å². The number of nitrogen functional groups attached to an aromatic ring is 1. The van der Waals surface area contributed by atoms with Crippen LogP contribution in [0.4, 0.5) is 5.69 Å². The number of likely N-dealkylation sites (tertiary alicyclic amines) is 1. The van der Waals surface area contributed by atoms with Crippen LogP contribution in [0.25, 0.3) is 0 Å². The molecule has 1 unspecified atom stereocenters. The van der Waals surface area contributed by atoms with Gasteiger partial charge < -0.3 is 10.6 Å². The van der Waals surface area contributed by atoms with E-state index in [2.05, 4.69) is 9.62 Å². The van der Waals surface area contributed by atoms with Crippen molar-refractivity contribution in [2.75, 3.05) is 25.9 Å². The second-order valence-corrected chi connectivity index (χ2v) is 6.77. The van der Waals surface area contributed by atoms with E-state index in [1.54, 1.807) is 18.2 Å². The molecule has 3 N–H and O–H groups in total. The van der Waals surface area contributed by atoms with Gasteiger partial charge in [0.05, 0.1) is 4.90 Å². The number of anilines is 1. The largest absolute Gasteiger partial charge is 0.399 e. The van der Waals surface area contributed by atoms with Gasteiger partial charge in [-0.25, -0.2) is 13.1 Å². The Labute approximate surface area is 114 Å². The van der Waals surface area contributed by atoms with Gasteiger partial charge in [-0.2, -0.15) is 0 Å². The van der Waals surface area contributed by atoms with Crippen molar-refractivity contribution in [2.45, 2.75) is 30.7 Å². The van der Waals surface area contributed by atoms with E-state index < -0.39 is 10.0 Å². The maximum absolute atomic E-state index is 12.4. The lowest BCUT2D eigenvalue weighted by Gasteiger charge is -2.15. The first-order valence-corrected chi connectivity index (χ1v) is 8.00. The van der Waals surface area contributed by atoms with Crippen LogP contribution in [-0.4, -0.2) is 39.5 Å². The molecule has 0 aromatic heterocycles. The molecule has 0 amide bonds. The summed E-state index contributed by atoms with van der Waals surface area (Å²) in [5, 5.41) is 0. The molecular formula is C13H21N3O2S. The number of rotatable bonds is 4. The van der Waals surface area contributed by atoms with E-state index in [-0.39, 0.29) is 6.04 Å². The summed E-state index contributed by atoms with van der Waals surface area (Å²) in [6.45, 7) is 3.61. The molecule has 1 fully saturated rings. The minimum atomic E-state index is -3.49. The topological polar surface area (TPSA) is 75.4 Å². The second-order valence-electron chi connectivity index (χ2n) is 5.09. The van der Waals surface area contributed by atoms with Crippen LogP contribution in [0.3, 0.4) is 0 Å². The first kappa shape index (κ1) is 14.3. The molecule has 2 rings (SSSR count). The average molecular weight is 283 g/mol. The van der Waals surface area contributed by atoms with Gasteiger partial charge in [0.25, 0.3) is 0 Å². The third-order valence-corrected chi connectivity index (χ3v) is 5.08. The molecule has 1 saturated heterocycles. The summed E-state index contributed by atoms with van der Waals surface area (Å²) in [5.41, 5.74) is 6.98. The normalized spacial score (nSPS) is 20.8. The van der Waals surface area contributed by atoms with Crippen molar-refractivity contribution in [3.05, 3.63) is 23.8 Å². The number of hydrogen-bond donors (Lipinski definition) is 2. The Hall–Kier alpha value is -1.11. The van der Waals surface area contributed by atoms with Crippen LogP contribution in [0.1, 0.15) is 18.9 Å². The Morgan fingerprint density at radius 1 is 1.47 bits per heavy atom. The zero-order valence-electron chi connectivity index (χ0n) is 11.4. The lowest BCUT2D eigenvalue weighted by Crippen LogP contribution is -2.36. The average Bonchev–Trinajstić information content (AvgIpc) is 2.74. The van der Waals surface area contributed by atoms with E-state index in [0.29, 0.717) is 17.0 Å². The van der Waals surface area contributed by atoms with Crippen molar-refractivity contribution in [2.24, 2.45) is 0 Å². The molecule has 0 spiro atoms. The van der Waals surface area contributed by atoms with Crippen LogP contribution < -0.4 is 10.5 Å². The second kappa shape index (κ2) is 5.48. The van der Waals surface area contributed by atoms with Crippen molar-refractivity contribution in [3.63, 3.8) is 0 Å². The zero-order valence-corrected chi connectivity index (χ0v) is 12.2. The fourth-order valence-corrected chi connectivity index (χ4v) is 4.03. The molecule has 0 bridgehead atoms. The summed E-state index contributed by atoms with van der Waals surface area (Å²) < 4.78 is 27.7. The van der Waals surface area contributed by atoms with Gasteiger partial charge in [-0.05, 0) is 44.1 Å². The molecular weight excluding hydrogens is 262 g/mol. The molecule has 1 aliphatic heterocycles. The fraction of sp³-hybridized carbons (Fsp3) is 0.538. The van der Waals surface area contributed by atoms with E-state index in [9.17, 15) is 8.42 Å². The summed E-state index contributed by atoms with van der Waals surface area (Å²) >= 11 is 0. The number of aryl methyl sites for hydroxylation is 1. The molecule has 106 valence electrons. The van der Waals surface area contributed by atoms with E-state index in [0.717, 1.165) is 25.1 Å². The molecule has 1 aromatic carbocycles. The first-order valence-electron chi connectivity index (χ1n) is 6.51. The summed E-state index contributed by atoms with van der Waals surface area (Å²) in [4.78, 5) is 2.43. The molecule has 1 aromatic rings. The van der Waals surface area contributed by atoms with Crippen molar-refractivity contribution in [3.8, 4) is 0 Å². The predicted octanol–water partition coefficient (Wildman–Crippen LogP) is 0.814. The Kier molecular flexibility index (Phi) is 4.13. The number of nitrogens with one attached hydrogen (secondary N) is 1. The van der Waals surface area contributed by atoms with Gasteiger partial charge in [-0.1, -0.05) is 13.0 Å². The van der Waals surface area contributed by atoms with Crippen molar-refractivity contribution in [1.29, 1.82) is 0 Å². The Balaban J connectivity index is 2.26. The smallest absolute Gasteiger partial charge is 0.241 e. The van der Waals surface area contributed by atoms with E-state index >= 15 is 0 Å². The highest BCUT2D eigenvalue weighted by Crippen LogP contribution is 2.21. The van der Waals surface area contributed by atoms with Gasteiger partial charge in [-0.15, -0.1) is 0 Å². The molecule has 19 heavy (non-hydrogen) atoms. The number of nitrogens with zero attached hydrogens (tertiary/aromatic N) is 1. The highest BCUT2D eigenvalue weighted by atomic mass is 32.2. The number of nitrogens with two attached hydrogens (primary N) is 1. The maximum atomic E-state index is 12.4.